The Kier molecular flexibility index (Phi) is 3.73. The Balaban J connectivity index is 2.31. The summed E-state index contributed by atoms with van der Waals surface area (Å²) in [6.45, 7) is 5.47. The van der Waals surface area contributed by atoms with Gasteiger partial charge in [-0.25, -0.2) is 4.98 Å². The Bertz CT molecular complexity index is 573. The molecule has 4 heteroatoms. The monoisotopic (exact) mass is 240 g/mol. The van der Waals surface area contributed by atoms with Gasteiger partial charge in [-0.3, -0.25) is 4.98 Å². The third kappa shape index (κ3) is 2.57. The lowest BCUT2D eigenvalue weighted by atomic mass is 10.2. The molecule has 0 aliphatic rings. The molecule has 1 atom stereocenters. The van der Waals surface area contributed by atoms with Crippen molar-refractivity contribution in [2.24, 2.45) is 5.92 Å². The molecular weight excluding hydrogens is 224 g/mol. The molecule has 0 saturated heterocycles. The Hall–Kier alpha value is -2.15. The number of hydrogen-bond acceptors (Lipinski definition) is 4. The Morgan fingerprint density at radius 3 is 2.72 bits per heavy atom. The zero-order chi connectivity index (χ0) is 13.0. The zero-order valence-electron chi connectivity index (χ0n) is 10.7. The van der Waals surface area contributed by atoms with E-state index in [4.69, 9.17) is 5.26 Å². The summed E-state index contributed by atoms with van der Waals surface area (Å²) in [6, 6.07) is 10.0. The van der Waals surface area contributed by atoms with Gasteiger partial charge in [0.1, 0.15) is 5.82 Å². The summed E-state index contributed by atoms with van der Waals surface area (Å²) in [5.41, 5.74) is 1.78. The molecular formula is C14H16N4. The first-order valence-electron chi connectivity index (χ1n) is 6.11. The van der Waals surface area contributed by atoms with Gasteiger partial charge in [0.15, 0.2) is 0 Å². The molecule has 4 nitrogen and oxygen atoms in total. The Morgan fingerprint density at radius 1 is 1.33 bits per heavy atom. The molecule has 0 saturated carbocycles. The van der Waals surface area contributed by atoms with Crippen LogP contribution in [0.1, 0.15) is 13.8 Å². The number of nitrogens with zero attached hydrogens (tertiary/aromatic N) is 4. The molecule has 2 aromatic rings. The fraction of sp³-hybridized carbons (Fsp3) is 0.357. The molecule has 18 heavy (non-hydrogen) atoms. The van der Waals surface area contributed by atoms with Gasteiger partial charge in [-0.2, -0.15) is 5.26 Å². The number of aromatic nitrogens is 2. The van der Waals surface area contributed by atoms with E-state index in [0.29, 0.717) is 6.54 Å². The standard InChI is InChI=1S/C14H16N4/c1-3-18(10-11(2)8-15)14-9-16-12-6-4-5-7-13(12)17-14/h4-7,9,11H,3,10H2,1-2H3. The lowest BCUT2D eigenvalue weighted by Crippen LogP contribution is -2.28. The third-order valence-corrected chi connectivity index (χ3v) is 2.86. The van der Waals surface area contributed by atoms with E-state index in [0.717, 1.165) is 23.4 Å². The van der Waals surface area contributed by atoms with Gasteiger partial charge in [0, 0.05) is 13.1 Å². The van der Waals surface area contributed by atoms with Crippen molar-refractivity contribution in [1.82, 2.24) is 9.97 Å². The molecule has 0 aliphatic heterocycles. The van der Waals surface area contributed by atoms with Gasteiger partial charge in [-0.05, 0) is 26.0 Å². The maximum Gasteiger partial charge on any atom is 0.147 e. The number of nitriles is 1. The molecule has 0 N–H and O–H groups in total. The van der Waals surface area contributed by atoms with Gasteiger partial charge >= 0.3 is 0 Å². The van der Waals surface area contributed by atoms with E-state index in [1.54, 1.807) is 6.20 Å². The largest absolute Gasteiger partial charge is 0.354 e. The summed E-state index contributed by atoms with van der Waals surface area (Å²) in [5, 5.41) is 8.89. The highest BCUT2D eigenvalue weighted by molar-refractivity contribution is 5.75. The van der Waals surface area contributed by atoms with Crippen molar-refractivity contribution in [2.75, 3.05) is 18.0 Å². The molecule has 1 aromatic carbocycles. The van der Waals surface area contributed by atoms with Crippen molar-refractivity contribution in [3.05, 3.63) is 30.5 Å². The van der Waals surface area contributed by atoms with Crippen LogP contribution >= 0.6 is 0 Å². The molecule has 0 aliphatic carbocycles. The second-order valence-corrected chi connectivity index (χ2v) is 4.29. The predicted octanol–water partition coefficient (Wildman–Crippen LogP) is 2.62. The molecule has 1 heterocycles. The van der Waals surface area contributed by atoms with Crippen LogP contribution in [0.4, 0.5) is 5.82 Å². The Morgan fingerprint density at radius 2 is 2.06 bits per heavy atom. The molecule has 0 spiro atoms. The first kappa shape index (κ1) is 12.3. The number of benzene rings is 1. The van der Waals surface area contributed by atoms with E-state index in [1.807, 2.05) is 31.2 Å². The summed E-state index contributed by atoms with van der Waals surface area (Å²) >= 11 is 0. The van der Waals surface area contributed by atoms with Gasteiger partial charge in [0.25, 0.3) is 0 Å². The average molecular weight is 240 g/mol. The number of rotatable bonds is 4. The van der Waals surface area contributed by atoms with Crippen LogP contribution in [-0.2, 0) is 0 Å². The molecule has 0 bridgehead atoms. The second kappa shape index (κ2) is 5.46. The summed E-state index contributed by atoms with van der Waals surface area (Å²) in [6.07, 6.45) is 1.77. The second-order valence-electron chi connectivity index (χ2n) is 4.29. The highest BCUT2D eigenvalue weighted by Gasteiger charge is 2.11. The van der Waals surface area contributed by atoms with Crippen LogP contribution in [0.5, 0.6) is 0 Å². The molecule has 1 aromatic heterocycles. The van der Waals surface area contributed by atoms with E-state index >= 15 is 0 Å². The molecule has 2 rings (SSSR count). The third-order valence-electron chi connectivity index (χ3n) is 2.86. The predicted molar refractivity (Wildman–Crippen MR) is 72.2 cm³/mol. The fourth-order valence-corrected chi connectivity index (χ4v) is 1.86. The van der Waals surface area contributed by atoms with E-state index in [9.17, 15) is 0 Å². The van der Waals surface area contributed by atoms with Crippen molar-refractivity contribution < 1.29 is 0 Å². The molecule has 0 fully saturated rings. The van der Waals surface area contributed by atoms with E-state index in [1.165, 1.54) is 0 Å². The molecule has 1 unspecified atom stereocenters. The van der Waals surface area contributed by atoms with Crippen LogP contribution in [0.25, 0.3) is 11.0 Å². The minimum Gasteiger partial charge on any atom is -0.354 e. The van der Waals surface area contributed by atoms with Crippen LogP contribution in [0.2, 0.25) is 0 Å². The number of para-hydroxylation sites is 2. The topological polar surface area (TPSA) is 52.8 Å². The van der Waals surface area contributed by atoms with Crippen molar-refractivity contribution in [3.8, 4) is 6.07 Å². The minimum absolute atomic E-state index is 0.0155. The van der Waals surface area contributed by atoms with Crippen LogP contribution in [0.15, 0.2) is 30.5 Å². The maximum absolute atomic E-state index is 8.89. The van der Waals surface area contributed by atoms with Gasteiger partial charge in [-0.15, -0.1) is 0 Å². The normalized spacial score (nSPS) is 12.1. The Labute approximate surface area is 107 Å². The highest BCUT2D eigenvalue weighted by Crippen LogP contribution is 2.16. The SMILES string of the molecule is CCN(CC(C)C#N)c1cnc2ccccc2n1. The van der Waals surface area contributed by atoms with Crippen molar-refractivity contribution in [2.45, 2.75) is 13.8 Å². The van der Waals surface area contributed by atoms with Gasteiger partial charge in [0.2, 0.25) is 0 Å². The van der Waals surface area contributed by atoms with Crippen LogP contribution < -0.4 is 4.90 Å². The van der Waals surface area contributed by atoms with Gasteiger partial charge < -0.3 is 4.90 Å². The van der Waals surface area contributed by atoms with Crippen LogP contribution in [0, 0.1) is 17.2 Å². The maximum atomic E-state index is 8.89. The van der Waals surface area contributed by atoms with Crippen molar-refractivity contribution >= 4 is 16.9 Å². The van der Waals surface area contributed by atoms with E-state index in [-0.39, 0.29) is 5.92 Å². The summed E-state index contributed by atoms with van der Waals surface area (Å²) in [7, 11) is 0. The first-order chi connectivity index (χ1) is 8.74. The summed E-state index contributed by atoms with van der Waals surface area (Å²) in [5.74, 6) is 0.816. The number of hydrogen-bond donors (Lipinski definition) is 0. The molecule has 0 amide bonds. The lowest BCUT2D eigenvalue weighted by Gasteiger charge is -2.22. The quantitative estimate of drug-likeness (QED) is 0.824. The van der Waals surface area contributed by atoms with Gasteiger partial charge in [-0.1, -0.05) is 12.1 Å². The van der Waals surface area contributed by atoms with Crippen LogP contribution in [-0.4, -0.2) is 23.1 Å². The van der Waals surface area contributed by atoms with Crippen molar-refractivity contribution in [1.29, 1.82) is 5.26 Å². The number of anilines is 1. The highest BCUT2D eigenvalue weighted by atomic mass is 15.2. The molecule has 0 radical (unpaired) electrons. The smallest absolute Gasteiger partial charge is 0.147 e. The first-order valence-corrected chi connectivity index (χ1v) is 6.11. The summed E-state index contributed by atoms with van der Waals surface area (Å²) in [4.78, 5) is 11.1. The van der Waals surface area contributed by atoms with E-state index < -0.39 is 0 Å². The van der Waals surface area contributed by atoms with E-state index in [2.05, 4.69) is 27.9 Å². The minimum atomic E-state index is -0.0155. The van der Waals surface area contributed by atoms with Gasteiger partial charge in [0.05, 0.1) is 29.2 Å². The van der Waals surface area contributed by atoms with Crippen molar-refractivity contribution in [3.63, 3.8) is 0 Å². The number of fused-ring (bicyclic) bond motifs is 1. The van der Waals surface area contributed by atoms with Crippen LogP contribution in [0.3, 0.4) is 0 Å². The molecule has 92 valence electrons. The fourth-order valence-electron chi connectivity index (χ4n) is 1.86. The lowest BCUT2D eigenvalue weighted by molar-refractivity contribution is 0.679. The summed E-state index contributed by atoms with van der Waals surface area (Å²) < 4.78 is 0. The average Bonchev–Trinajstić information content (AvgIpc) is 2.44. The zero-order valence-corrected chi connectivity index (χ0v) is 10.7.